The minimum absolute atomic E-state index is 0. The highest BCUT2D eigenvalue weighted by atomic mass is 79.9. The van der Waals surface area contributed by atoms with Crippen LogP contribution in [0.4, 0.5) is 11.4 Å². The number of halogens is 1. The summed E-state index contributed by atoms with van der Waals surface area (Å²) < 4.78 is 0. The van der Waals surface area contributed by atoms with Gasteiger partial charge >= 0.3 is 0 Å². The summed E-state index contributed by atoms with van der Waals surface area (Å²) in [4.78, 5) is 13.5. The average Bonchev–Trinajstić information content (AvgIpc) is 2.73. The molecule has 0 saturated carbocycles. The summed E-state index contributed by atoms with van der Waals surface area (Å²) >= 11 is 0. The zero-order valence-electron chi connectivity index (χ0n) is 13.2. The van der Waals surface area contributed by atoms with Gasteiger partial charge in [-0.3, -0.25) is 9.97 Å². The smallest absolute Gasteiger partial charge is 0.0400 e. The van der Waals surface area contributed by atoms with E-state index in [-0.39, 0.29) is 17.0 Å². The number of aromatic nitrogens is 2. The molecule has 1 aliphatic heterocycles. The van der Waals surface area contributed by atoms with Gasteiger partial charge in [0, 0.05) is 61.3 Å². The van der Waals surface area contributed by atoms with E-state index in [1.54, 1.807) is 0 Å². The lowest BCUT2D eigenvalue weighted by atomic mass is 10.3. The molecular weight excluding hydrogens is 340 g/mol. The first-order valence-electron chi connectivity index (χ1n) is 7.57. The highest BCUT2D eigenvalue weighted by Crippen LogP contribution is 2.20. The molecule has 3 heterocycles. The maximum absolute atomic E-state index is 4.29. The predicted molar refractivity (Wildman–Crippen MR) is 97.3 cm³/mol. The third kappa shape index (κ3) is 3.97. The molecule has 1 aliphatic rings. The summed E-state index contributed by atoms with van der Waals surface area (Å²) in [6.45, 7) is 8.39. The number of hydrogen-bond acceptors (Lipinski definition) is 4. The lowest BCUT2D eigenvalue weighted by Crippen LogP contribution is -2.30. The van der Waals surface area contributed by atoms with Crippen molar-refractivity contribution in [3.63, 3.8) is 0 Å². The third-order valence-electron chi connectivity index (χ3n) is 3.99. The molecule has 22 heavy (non-hydrogen) atoms. The van der Waals surface area contributed by atoms with Crippen molar-refractivity contribution in [2.45, 2.75) is 20.3 Å². The maximum atomic E-state index is 4.29. The maximum Gasteiger partial charge on any atom is 0.0400 e. The van der Waals surface area contributed by atoms with E-state index in [0.717, 1.165) is 37.6 Å². The van der Waals surface area contributed by atoms with Crippen LogP contribution in [0, 0.1) is 13.8 Å². The molecule has 1 fully saturated rings. The van der Waals surface area contributed by atoms with Gasteiger partial charge in [-0.2, -0.15) is 0 Å². The quantitative estimate of drug-likeness (QED) is 0.819. The van der Waals surface area contributed by atoms with Crippen molar-refractivity contribution in [2.75, 3.05) is 36.0 Å². The van der Waals surface area contributed by atoms with Gasteiger partial charge in [0.15, 0.2) is 0 Å². The van der Waals surface area contributed by atoms with Crippen LogP contribution in [0.25, 0.3) is 0 Å². The van der Waals surface area contributed by atoms with Crippen LogP contribution in [-0.2, 0) is 0 Å². The number of nitrogens with zero attached hydrogens (tertiary/aromatic N) is 4. The van der Waals surface area contributed by atoms with Crippen molar-refractivity contribution < 1.29 is 0 Å². The molecule has 1 saturated heterocycles. The number of aryl methyl sites for hydroxylation is 2. The van der Waals surface area contributed by atoms with E-state index in [1.807, 2.05) is 26.2 Å². The van der Waals surface area contributed by atoms with E-state index in [1.165, 1.54) is 17.8 Å². The third-order valence-corrected chi connectivity index (χ3v) is 3.99. The Kier molecular flexibility index (Phi) is 5.77. The Bertz CT molecular complexity index is 564. The summed E-state index contributed by atoms with van der Waals surface area (Å²) in [5.74, 6) is 0. The van der Waals surface area contributed by atoms with Crippen LogP contribution in [0.1, 0.15) is 17.8 Å². The minimum Gasteiger partial charge on any atom is -0.370 e. The molecule has 2 aromatic heterocycles. The second-order valence-electron chi connectivity index (χ2n) is 5.64. The summed E-state index contributed by atoms with van der Waals surface area (Å²) in [6.07, 6.45) is 4.97. The zero-order chi connectivity index (χ0) is 14.7. The van der Waals surface area contributed by atoms with Gasteiger partial charge in [-0.15, -0.1) is 17.0 Å². The van der Waals surface area contributed by atoms with Gasteiger partial charge in [-0.05, 0) is 44.5 Å². The molecule has 0 unspecified atom stereocenters. The molecule has 0 amide bonds. The van der Waals surface area contributed by atoms with E-state index in [2.05, 4.69) is 44.0 Å². The molecule has 0 N–H and O–H groups in total. The van der Waals surface area contributed by atoms with Gasteiger partial charge in [0.1, 0.15) is 0 Å². The zero-order valence-corrected chi connectivity index (χ0v) is 14.9. The van der Waals surface area contributed by atoms with Crippen molar-refractivity contribution in [3.05, 3.63) is 48.0 Å². The molecule has 118 valence electrons. The standard InChI is InChI=1S/C17H22N4.BrH/c1-14-12-16(4-6-18-14)20-8-3-9-21(11-10-20)17-5-7-19-15(2)13-17;/h4-7,12-13H,3,8-11H2,1-2H3;1H. The van der Waals surface area contributed by atoms with E-state index in [4.69, 9.17) is 0 Å². The second-order valence-corrected chi connectivity index (χ2v) is 5.64. The highest BCUT2D eigenvalue weighted by Gasteiger charge is 2.15. The van der Waals surface area contributed by atoms with Crippen molar-refractivity contribution in [1.29, 1.82) is 0 Å². The van der Waals surface area contributed by atoms with Crippen LogP contribution < -0.4 is 9.80 Å². The predicted octanol–water partition coefficient (Wildman–Crippen LogP) is 3.39. The topological polar surface area (TPSA) is 32.3 Å². The molecular formula is C17H23BrN4. The molecule has 0 bridgehead atoms. The molecule has 5 heteroatoms. The number of anilines is 2. The summed E-state index contributed by atoms with van der Waals surface area (Å²) in [5, 5.41) is 0. The van der Waals surface area contributed by atoms with Gasteiger partial charge in [0.2, 0.25) is 0 Å². The fourth-order valence-electron chi connectivity index (χ4n) is 2.89. The van der Waals surface area contributed by atoms with E-state index < -0.39 is 0 Å². The van der Waals surface area contributed by atoms with Crippen LogP contribution in [0.15, 0.2) is 36.7 Å². The van der Waals surface area contributed by atoms with Gasteiger partial charge in [-0.25, -0.2) is 0 Å². The number of pyridine rings is 2. The second kappa shape index (κ2) is 7.58. The lowest BCUT2D eigenvalue weighted by molar-refractivity contribution is 0.804. The molecule has 3 rings (SSSR count). The van der Waals surface area contributed by atoms with Gasteiger partial charge in [0.05, 0.1) is 0 Å². The SMILES string of the molecule is Br.Cc1cc(N2CCCN(c3ccnc(C)c3)CC2)ccn1. The first kappa shape index (κ1) is 16.7. The fourth-order valence-corrected chi connectivity index (χ4v) is 2.89. The molecule has 2 aromatic rings. The first-order chi connectivity index (χ1) is 10.2. The molecule has 0 aromatic carbocycles. The Morgan fingerprint density at radius 2 is 1.23 bits per heavy atom. The lowest BCUT2D eigenvalue weighted by Gasteiger charge is -2.25. The molecule has 0 atom stereocenters. The van der Waals surface area contributed by atoms with Crippen LogP contribution in [-0.4, -0.2) is 36.1 Å². The highest BCUT2D eigenvalue weighted by molar-refractivity contribution is 8.93. The molecule has 0 spiro atoms. The number of rotatable bonds is 2. The van der Waals surface area contributed by atoms with Crippen molar-refractivity contribution >= 4 is 28.4 Å². The van der Waals surface area contributed by atoms with Gasteiger partial charge in [0.25, 0.3) is 0 Å². The molecule has 4 nitrogen and oxygen atoms in total. The van der Waals surface area contributed by atoms with Crippen molar-refractivity contribution in [3.8, 4) is 0 Å². The molecule has 0 aliphatic carbocycles. The Balaban J connectivity index is 0.00000176. The fraction of sp³-hybridized carbons (Fsp3) is 0.412. The van der Waals surface area contributed by atoms with Crippen molar-refractivity contribution in [2.24, 2.45) is 0 Å². The Hall–Kier alpha value is -1.62. The van der Waals surface area contributed by atoms with E-state index >= 15 is 0 Å². The monoisotopic (exact) mass is 362 g/mol. The first-order valence-corrected chi connectivity index (χ1v) is 7.57. The van der Waals surface area contributed by atoms with Crippen LogP contribution >= 0.6 is 17.0 Å². The summed E-state index contributed by atoms with van der Waals surface area (Å²) in [6, 6.07) is 8.57. The van der Waals surface area contributed by atoms with Crippen LogP contribution in [0.3, 0.4) is 0 Å². The Labute approximate surface area is 143 Å². The van der Waals surface area contributed by atoms with Gasteiger partial charge in [-0.1, -0.05) is 0 Å². The summed E-state index contributed by atoms with van der Waals surface area (Å²) in [7, 11) is 0. The molecule has 0 radical (unpaired) electrons. The van der Waals surface area contributed by atoms with Crippen LogP contribution in [0.5, 0.6) is 0 Å². The average molecular weight is 363 g/mol. The number of hydrogen-bond donors (Lipinski definition) is 0. The van der Waals surface area contributed by atoms with Crippen LogP contribution in [0.2, 0.25) is 0 Å². The largest absolute Gasteiger partial charge is 0.370 e. The van der Waals surface area contributed by atoms with Gasteiger partial charge < -0.3 is 9.80 Å². The van der Waals surface area contributed by atoms with Crippen molar-refractivity contribution in [1.82, 2.24) is 9.97 Å². The normalized spacial score (nSPS) is 15.2. The Morgan fingerprint density at radius 1 is 0.773 bits per heavy atom. The van der Waals surface area contributed by atoms with E-state index in [0.29, 0.717) is 0 Å². The van der Waals surface area contributed by atoms with E-state index in [9.17, 15) is 0 Å². The minimum atomic E-state index is 0. The summed E-state index contributed by atoms with van der Waals surface area (Å²) in [5.41, 5.74) is 4.74. The Morgan fingerprint density at radius 3 is 1.64 bits per heavy atom.